The standard InChI is InChI=1S/C17H25N3O/c1-10-11(2)19-20-16(10)18-15(21)9-17-6-12-3-13(7-17)5-14(4-12)8-17/h12-14H,3-9H2,1-2H3,(H2,18,19,20,21). The van der Waals surface area contributed by atoms with Crippen molar-refractivity contribution in [2.45, 2.75) is 58.8 Å². The molecule has 4 nitrogen and oxygen atoms in total. The first kappa shape index (κ1) is 13.4. The van der Waals surface area contributed by atoms with Crippen LogP contribution in [0.5, 0.6) is 0 Å². The van der Waals surface area contributed by atoms with Gasteiger partial charge in [0.1, 0.15) is 0 Å². The number of nitrogens with zero attached hydrogens (tertiary/aromatic N) is 1. The summed E-state index contributed by atoms with van der Waals surface area (Å²) >= 11 is 0. The highest BCUT2D eigenvalue weighted by atomic mass is 16.1. The molecule has 1 aromatic rings. The van der Waals surface area contributed by atoms with Gasteiger partial charge in [0.15, 0.2) is 5.82 Å². The molecule has 2 N–H and O–H groups in total. The minimum atomic E-state index is 0.159. The fourth-order valence-corrected chi connectivity index (χ4v) is 5.63. The molecule has 0 spiro atoms. The highest BCUT2D eigenvalue weighted by Gasteiger charge is 2.51. The quantitative estimate of drug-likeness (QED) is 0.893. The summed E-state index contributed by atoms with van der Waals surface area (Å²) in [6.07, 6.45) is 8.83. The van der Waals surface area contributed by atoms with E-state index in [1.54, 1.807) is 0 Å². The number of aromatic amines is 1. The number of aryl methyl sites for hydroxylation is 1. The molecule has 21 heavy (non-hydrogen) atoms. The molecular formula is C17H25N3O. The predicted molar refractivity (Wildman–Crippen MR) is 81.9 cm³/mol. The van der Waals surface area contributed by atoms with E-state index >= 15 is 0 Å². The van der Waals surface area contributed by atoms with Gasteiger partial charge in [0.2, 0.25) is 5.91 Å². The van der Waals surface area contributed by atoms with Crippen molar-refractivity contribution in [1.29, 1.82) is 0 Å². The van der Waals surface area contributed by atoms with Crippen molar-refractivity contribution in [3.05, 3.63) is 11.3 Å². The maximum Gasteiger partial charge on any atom is 0.226 e. The van der Waals surface area contributed by atoms with Gasteiger partial charge >= 0.3 is 0 Å². The van der Waals surface area contributed by atoms with E-state index in [1.807, 2.05) is 13.8 Å². The van der Waals surface area contributed by atoms with Crippen LogP contribution in [0.3, 0.4) is 0 Å². The molecule has 1 heterocycles. The average molecular weight is 287 g/mol. The molecule has 0 radical (unpaired) electrons. The molecule has 1 amide bonds. The van der Waals surface area contributed by atoms with Gasteiger partial charge in [-0.25, -0.2) is 0 Å². The Morgan fingerprint density at radius 1 is 1.19 bits per heavy atom. The van der Waals surface area contributed by atoms with Crippen molar-refractivity contribution in [3.8, 4) is 0 Å². The van der Waals surface area contributed by atoms with Gasteiger partial charge in [-0.05, 0) is 75.5 Å². The molecular weight excluding hydrogens is 262 g/mol. The Labute approximate surface area is 126 Å². The van der Waals surface area contributed by atoms with Crippen LogP contribution in [0.15, 0.2) is 0 Å². The molecule has 0 aromatic carbocycles. The second kappa shape index (κ2) is 4.59. The second-order valence-corrected chi connectivity index (χ2v) is 7.96. The van der Waals surface area contributed by atoms with Crippen LogP contribution in [0.2, 0.25) is 0 Å². The summed E-state index contributed by atoms with van der Waals surface area (Å²) in [7, 11) is 0. The lowest BCUT2D eigenvalue weighted by Crippen LogP contribution is -2.47. The zero-order valence-corrected chi connectivity index (χ0v) is 13.0. The Morgan fingerprint density at radius 2 is 1.76 bits per heavy atom. The number of rotatable bonds is 3. The summed E-state index contributed by atoms with van der Waals surface area (Å²) in [5.41, 5.74) is 2.38. The van der Waals surface area contributed by atoms with Crippen LogP contribution in [0, 0.1) is 37.0 Å². The minimum absolute atomic E-state index is 0.159. The smallest absolute Gasteiger partial charge is 0.226 e. The molecule has 114 valence electrons. The topological polar surface area (TPSA) is 57.8 Å². The van der Waals surface area contributed by atoms with E-state index in [9.17, 15) is 4.79 Å². The van der Waals surface area contributed by atoms with Crippen LogP contribution in [0.25, 0.3) is 0 Å². The second-order valence-electron chi connectivity index (χ2n) is 7.96. The lowest BCUT2D eigenvalue weighted by atomic mass is 9.49. The number of H-pyrrole nitrogens is 1. The summed E-state index contributed by atoms with van der Waals surface area (Å²) in [6, 6.07) is 0. The third kappa shape index (κ3) is 2.29. The van der Waals surface area contributed by atoms with Gasteiger partial charge in [-0.2, -0.15) is 5.10 Å². The van der Waals surface area contributed by atoms with Crippen LogP contribution in [0.4, 0.5) is 5.82 Å². The SMILES string of the molecule is Cc1[nH]nc(NC(=O)CC23CC4CC(CC(C4)C2)C3)c1C. The fraction of sp³-hybridized carbons (Fsp3) is 0.765. The summed E-state index contributed by atoms with van der Waals surface area (Å²) < 4.78 is 0. The van der Waals surface area contributed by atoms with Crippen molar-refractivity contribution in [2.24, 2.45) is 23.2 Å². The first-order valence-corrected chi connectivity index (χ1v) is 8.34. The monoisotopic (exact) mass is 287 g/mol. The highest BCUT2D eigenvalue weighted by Crippen LogP contribution is 2.61. The highest BCUT2D eigenvalue weighted by molar-refractivity contribution is 5.91. The molecule has 1 aromatic heterocycles. The van der Waals surface area contributed by atoms with Gasteiger partial charge in [0.25, 0.3) is 0 Å². The van der Waals surface area contributed by atoms with Gasteiger partial charge in [0.05, 0.1) is 0 Å². The zero-order valence-electron chi connectivity index (χ0n) is 13.0. The van der Waals surface area contributed by atoms with E-state index in [0.717, 1.165) is 29.0 Å². The van der Waals surface area contributed by atoms with Crippen molar-refractivity contribution >= 4 is 11.7 Å². The van der Waals surface area contributed by atoms with Crippen LogP contribution in [-0.4, -0.2) is 16.1 Å². The van der Waals surface area contributed by atoms with Gasteiger partial charge in [0, 0.05) is 17.7 Å². The third-order valence-corrected chi connectivity index (χ3v) is 6.21. The summed E-state index contributed by atoms with van der Waals surface area (Å²) in [5, 5.41) is 10.2. The van der Waals surface area contributed by atoms with Crippen LogP contribution in [0.1, 0.15) is 56.2 Å². The molecule has 4 heteroatoms. The Hall–Kier alpha value is -1.32. The maximum absolute atomic E-state index is 12.5. The normalized spacial score (nSPS) is 37.0. The number of hydrogen-bond acceptors (Lipinski definition) is 2. The molecule has 5 rings (SSSR count). The van der Waals surface area contributed by atoms with E-state index < -0.39 is 0 Å². The Morgan fingerprint density at radius 3 is 2.24 bits per heavy atom. The Kier molecular flexibility index (Phi) is 2.92. The van der Waals surface area contributed by atoms with Crippen molar-refractivity contribution < 1.29 is 4.79 Å². The molecule has 4 aliphatic carbocycles. The number of nitrogens with one attached hydrogen (secondary N) is 2. The van der Waals surface area contributed by atoms with Crippen molar-refractivity contribution in [2.75, 3.05) is 5.32 Å². The molecule has 4 fully saturated rings. The van der Waals surface area contributed by atoms with E-state index in [2.05, 4.69) is 15.5 Å². The van der Waals surface area contributed by atoms with E-state index in [-0.39, 0.29) is 5.91 Å². The average Bonchev–Trinajstić information content (AvgIpc) is 2.68. The Balaban J connectivity index is 1.46. The fourth-order valence-electron chi connectivity index (χ4n) is 5.63. The first-order valence-electron chi connectivity index (χ1n) is 8.34. The number of amides is 1. The van der Waals surface area contributed by atoms with Gasteiger partial charge in [-0.1, -0.05) is 0 Å². The third-order valence-electron chi connectivity index (χ3n) is 6.21. The molecule has 0 atom stereocenters. The van der Waals surface area contributed by atoms with Gasteiger partial charge < -0.3 is 5.32 Å². The molecule has 0 unspecified atom stereocenters. The summed E-state index contributed by atoms with van der Waals surface area (Å²) in [6.45, 7) is 3.98. The molecule has 0 aliphatic heterocycles. The van der Waals surface area contributed by atoms with Crippen molar-refractivity contribution in [1.82, 2.24) is 10.2 Å². The van der Waals surface area contributed by atoms with E-state index in [1.165, 1.54) is 38.5 Å². The number of carbonyl (C=O) groups excluding carboxylic acids is 1. The molecule has 4 saturated carbocycles. The molecule has 0 saturated heterocycles. The van der Waals surface area contributed by atoms with Gasteiger partial charge in [-0.15, -0.1) is 0 Å². The van der Waals surface area contributed by atoms with Crippen LogP contribution in [-0.2, 0) is 4.79 Å². The number of carbonyl (C=O) groups is 1. The number of aromatic nitrogens is 2. The maximum atomic E-state index is 12.5. The summed E-state index contributed by atoms with van der Waals surface area (Å²) in [5.74, 6) is 3.57. The van der Waals surface area contributed by atoms with Crippen LogP contribution < -0.4 is 5.32 Å². The van der Waals surface area contributed by atoms with E-state index in [4.69, 9.17) is 0 Å². The molecule has 4 bridgehead atoms. The summed E-state index contributed by atoms with van der Waals surface area (Å²) in [4.78, 5) is 12.5. The lowest BCUT2D eigenvalue weighted by molar-refractivity contribution is -0.124. The minimum Gasteiger partial charge on any atom is -0.309 e. The van der Waals surface area contributed by atoms with Gasteiger partial charge in [-0.3, -0.25) is 9.89 Å². The first-order chi connectivity index (χ1) is 10.0. The Bertz CT molecular complexity index is 539. The lowest BCUT2D eigenvalue weighted by Gasteiger charge is -2.56. The predicted octanol–water partition coefficient (Wildman–Crippen LogP) is 3.57. The number of anilines is 1. The van der Waals surface area contributed by atoms with E-state index in [0.29, 0.717) is 17.7 Å². The largest absolute Gasteiger partial charge is 0.309 e. The molecule has 4 aliphatic rings. The zero-order chi connectivity index (χ0) is 14.6. The number of hydrogen-bond donors (Lipinski definition) is 2. The van der Waals surface area contributed by atoms with Crippen LogP contribution >= 0.6 is 0 Å². The van der Waals surface area contributed by atoms with Crippen molar-refractivity contribution in [3.63, 3.8) is 0 Å².